The number of halogens is 1. The van der Waals surface area contributed by atoms with Gasteiger partial charge in [-0.1, -0.05) is 17.7 Å². The van der Waals surface area contributed by atoms with E-state index in [1.807, 2.05) is 38.1 Å². The number of hydrogen-bond acceptors (Lipinski definition) is 2. The van der Waals surface area contributed by atoms with Crippen LogP contribution in [0.2, 0.25) is 0 Å². The highest BCUT2D eigenvalue weighted by molar-refractivity contribution is 6.22. The third-order valence-electron chi connectivity index (χ3n) is 1.86. The number of nitriles is 1. The standard InChI is InChI=1S/C11H12ClNO/c1-8-3-4-11(9(2)5-8)14-7-10(12)6-13/h3-5,10H,7H2,1-2H3. The van der Waals surface area contributed by atoms with Gasteiger partial charge in [0.25, 0.3) is 0 Å². The molecule has 1 aromatic carbocycles. The molecule has 1 rings (SSSR count). The van der Waals surface area contributed by atoms with Crippen molar-refractivity contribution in [3.8, 4) is 11.8 Å². The van der Waals surface area contributed by atoms with Crippen molar-refractivity contribution in [1.82, 2.24) is 0 Å². The third-order valence-corrected chi connectivity index (χ3v) is 2.08. The molecule has 0 fully saturated rings. The van der Waals surface area contributed by atoms with Gasteiger partial charge in [0.2, 0.25) is 0 Å². The maximum Gasteiger partial charge on any atom is 0.154 e. The van der Waals surface area contributed by atoms with Crippen LogP contribution in [-0.4, -0.2) is 12.0 Å². The Morgan fingerprint density at radius 1 is 1.50 bits per heavy atom. The predicted octanol–water partition coefficient (Wildman–Crippen LogP) is 2.81. The molecule has 0 bridgehead atoms. The van der Waals surface area contributed by atoms with Crippen molar-refractivity contribution in [2.45, 2.75) is 19.2 Å². The first-order valence-electron chi connectivity index (χ1n) is 4.37. The van der Waals surface area contributed by atoms with Gasteiger partial charge in [0, 0.05) is 0 Å². The molecule has 1 atom stereocenters. The van der Waals surface area contributed by atoms with E-state index in [2.05, 4.69) is 0 Å². The van der Waals surface area contributed by atoms with Gasteiger partial charge in [-0.05, 0) is 25.5 Å². The SMILES string of the molecule is Cc1ccc(OCC(Cl)C#N)c(C)c1. The number of rotatable bonds is 3. The van der Waals surface area contributed by atoms with E-state index < -0.39 is 5.38 Å². The molecule has 0 radical (unpaired) electrons. The van der Waals surface area contributed by atoms with E-state index in [1.165, 1.54) is 5.56 Å². The highest BCUT2D eigenvalue weighted by Crippen LogP contribution is 2.19. The summed E-state index contributed by atoms with van der Waals surface area (Å²) in [4.78, 5) is 0. The van der Waals surface area contributed by atoms with Gasteiger partial charge < -0.3 is 4.74 Å². The lowest BCUT2D eigenvalue weighted by molar-refractivity contribution is 0.326. The molecule has 0 spiro atoms. The molecule has 1 aromatic rings. The average Bonchev–Trinajstić information content (AvgIpc) is 2.16. The molecule has 0 amide bonds. The topological polar surface area (TPSA) is 33.0 Å². The van der Waals surface area contributed by atoms with Crippen molar-refractivity contribution in [2.75, 3.05) is 6.61 Å². The molecular formula is C11H12ClNO. The largest absolute Gasteiger partial charge is 0.491 e. The first-order valence-corrected chi connectivity index (χ1v) is 4.81. The Morgan fingerprint density at radius 3 is 2.79 bits per heavy atom. The molecule has 74 valence electrons. The van der Waals surface area contributed by atoms with Gasteiger partial charge in [0.1, 0.15) is 12.4 Å². The number of nitrogens with zero attached hydrogens (tertiary/aromatic N) is 1. The van der Waals surface area contributed by atoms with E-state index >= 15 is 0 Å². The molecule has 2 nitrogen and oxygen atoms in total. The number of ether oxygens (including phenoxy) is 1. The van der Waals surface area contributed by atoms with Crippen LogP contribution in [0.1, 0.15) is 11.1 Å². The minimum Gasteiger partial charge on any atom is -0.491 e. The summed E-state index contributed by atoms with van der Waals surface area (Å²) in [5.41, 5.74) is 2.25. The Hall–Kier alpha value is -1.20. The van der Waals surface area contributed by atoms with Crippen molar-refractivity contribution in [3.05, 3.63) is 29.3 Å². The monoisotopic (exact) mass is 209 g/mol. The normalized spacial score (nSPS) is 11.9. The van der Waals surface area contributed by atoms with Crippen LogP contribution < -0.4 is 4.74 Å². The van der Waals surface area contributed by atoms with E-state index in [0.717, 1.165) is 11.3 Å². The van der Waals surface area contributed by atoms with Crippen LogP contribution in [-0.2, 0) is 0 Å². The van der Waals surface area contributed by atoms with Crippen LogP contribution in [0.3, 0.4) is 0 Å². The van der Waals surface area contributed by atoms with Crippen LogP contribution in [0, 0.1) is 25.2 Å². The molecule has 3 heteroatoms. The number of hydrogen-bond donors (Lipinski definition) is 0. The summed E-state index contributed by atoms with van der Waals surface area (Å²) in [6.07, 6.45) is 0. The molecule has 0 saturated carbocycles. The van der Waals surface area contributed by atoms with Gasteiger partial charge in [-0.3, -0.25) is 0 Å². The van der Waals surface area contributed by atoms with E-state index in [0.29, 0.717) is 0 Å². The summed E-state index contributed by atoms with van der Waals surface area (Å²) in [7, 11) is 0. The summed E-state index contributed by atoms with van der Waals surface area (Å²) < 4.78 is 5.39. The molecule has 0 aliphatic heterocycles. The Balaban J connectivity index is 2.64. The molecule has 0 aromatic heterocycles. The molecule has 14 heavy (non-hydrogen) atoms. The molecule has 0 heterocycles. The first kappa shape index (κ1) is 10.9. The van der Waals surface area contributed by atoms with E-state index in [4.69, 9.17) is 21.6 Å². The molecular weight excluding hydrogens is 198 g/mol. The number of aryl methyl sites for hydroxylation is 2. The second-order valence-electron chi connectivity index (χ2n) is 3.18. The lowest BCUT2D eigenvalue weighted by Crippen LogP contribution is -2.09. The smallest absolute Gasteiger partial charge is 0.154 e. The molecule has 0 saturated heterocycles. The number of alkyl halides is 1. The lowest BCUT2D eigenvalue weighted by atomic mass is 10.1. The summed E-state index contributed by atoms with van der Waals surface area (Å²) >= 11 is 5.61. The minimum absolute atomic E-state index is 0.224. The van der Waals surface area contributed by atoms with Gasteiger partial charge in [0.05, 0.1) is 6.07 Å². The van der Waals surface area contributed by atoms with Gasteiger partial charge >= 0.3 is 0 Å². The van der Waals surface area contributed by atoms with Crippen LogP contribution in [0.15, 0.2) is 18.2 Å². The zero-order valence-corrected chi connectivity index (χ0v) is 9.01. The van der Waals surface area contributed by atoms with Crippen molar-refractivity contribution in [2.24, 2.45) is 0 Å². The molecule has 1 unspecified atom stereocenters. The summed E-state index contributed by atoms with van der Waals surface area (Å²) in [6.45, 7) is 4.22. The van der Waals surface area contributed by atoms with Gasteiger partial charge in [-0.2, -0.15) is 5.26 Å². The van der Waals surface area contributed by atoms with Crippen LogP contribution in [0.25, 0.3) is 0 Å². The van der Waals surface area contributed by atoms with E-state index in [1.54, 1.807) is 0 Å². The van der Waals surface area contributed by atoms with Crippen LogP contribution in [0.5, 0.6) is 5.75 Å². The van der Waals surface area contributed by atoms with Crippen molar-refractivity contribution >= 4 is 11.6 Å². The second kappa shape index (κ2) is 4.88. The second-order valence-corrected chi connectivity index (χ2v) is 3.70. The summed E-state index contributed by atoms with van der Waals surface area (Å²) in [5, 5.41) is 7.88. The van der Waals surface area contributed by atoms with Crippen molar-refractivity contribution in [1.29, 1.82) is 5.26 Å². The fourth-order valence-corrected chi connectivity index (χ4v) is 1.22. The highest BCUT2D eigenvalue weighted by Gasteiger charge is 2.04. The highest BCUT2D eigenvalue weighted by atomic mass is 35.5. The first-order chi connectivity index (χ1) is 6.63. The molecule has 0 aliphatic carbocycles. The fourth-order valence-electron chi connectivity index (χ4n) is 1.16. The summed E-state index contributed by atoms with van der Waals surface area (Å²) in [6, 6.07) is 7.80. The zero-order valence-electron chi connectivity index (χ0n) is 8.25. The maximum atomic E-state index is 8.46. The van der Waals surface area contributed by atoms with Crippen molar-refractivity contribution in [3.63, 3.8) is 0 Å². The van der Waals surface area contributed by atoms with Crippen LogP contribution >= 0.6 is 11.6 Å². The fraction of sp³-hybridized carbons (Fsp3) is 0.364. The van der Waals surface area contributed by atoms with E-state index in [-0.39, 0.29) is 6.61 Å². The quantitative estimate of drug-likeness (QED) is 0.718. The van der Waals surface area contributed by atoms with Crippen LogP contribution in [0.4, 0.5) is 0 Å². The summed E-state index contributed by atoms with van der Waals surface area (Å²) in [5.74, 6) is 0.788. The lowest BCUT2D eigenvalue weighted by Gasteiger charge is -2.09. The predicted molar refractivity (Wildman–Crippen MR) is 56.7 cm³/mol. The Kier molecular flexibility index (Phi) is 3.79. The van der Waals surface area contributed by atoms with Gasteiger partial charge in [-0.15, -0.1) is 11.6 Å². The van der Waals surface area contributed by atoms with E-state index in [9.17, 15) is 0 Å². The van der Waals surface area contributed by atoms with Gasteiger partial charge in [0.15, 0.2) is 5.38 Å². The Bertz CT molecular complexity index is 357. The molecule has 0 aliphatic rings. The maximum absolute atomic E-state index is 8.46. The van der Waals surface area contributed by atoms with Crippen molar-refractivity contribution < 1.29 is 4.74 Å². The average molecular weight is 210 g/mol. The number of benzene rings is 1. The Morgan fingerprint density at radius 2 is 2.21 bits per heavy atom. The Labute approximate surface area is 89.1 Å². The minimum atomic E-state index is -0.587. The molecule has 0 N–H and O–H groups in total. The van der Waals surface area contributed by atoms with Gasteiger partial charge in [-0.25, -0.2) is 0 Å². The third kappa shape index (κ3) is 2.93. The zero-order chi connectivity index (χ0) is 10.6.